The van der Waals surface area contributed by atoms with Gasteiger partial charge in [-0.15, -0.1) is 12.4 Å². The fourth-order valence-electron chi connectivity index (χ4n) is 2.76. The van der Waals surface area contributed by atoms with Crippen LogP contribution in [0.15, 0.2) is 23.1 Å². The lowest BCUT2D eigenvalue weighted by Crippen LogP contribution is -2.47. The van der Waals surface area contributed by atoms with E-state index in [1.807, 2.05) is 0 Å². The van der Waals surface area contributed by atoms with Crippen molar-refractivity contribution in [1.82, 2.24) is 4.31 Å². The Hall–Kier alpha value is -1.22. The molecule has 0 aromatic heterocycles. The van der Waals surface area contributed by atoms with Crippen molar-refractivity contribution in [2.45, 2.75) is 37.1 Å². The van der Waals surface area contributed by atoms with Crippen LogP contribution < -0.4 is 5.73 Å². The van der Waals surface area contributed by atoms with E-state index in [-0.39, 0.29) is 35.6 Å². The lowest BCUT2D eigenvalue weighted by Gasteiger charge is -2.34. The highest BCUT2D eigenvalue weighted by Crippen LogP contribution is 2.32. The monoisotopic (exact) mass is 349 g/mol. The fourth-order valence-corrected chi connectivity index (χ4v) is 4.83. The summed E-state index contributed by atoms with van der Waals surface area (Å²) in [6.07, 6.45) is 2.36. The SMILES string of the molecule is Cc1cccc([N+](=O)[O-])c1S(=O)(=O)N1CCCCC1CN.Cl. The number of benzene rings is 1. The number of nitrogens with two attached hydrogens (primary N) is 1. The average molecular weight is 350 g/mol. The van der Waals surface area contributed by atoms with Crippen LogP contribution in [0.4, 0.5) is 5.69 Å². The molecule has 1 aliphatic heterocycles. The van der Waals surface area contributed by atoms with E-state index in [0.29, 0.717) is 18.5 Å². The van der Waals surface area contributed by atoms with Gasteiger partial charge in [0.05, 0.1) is 4.92 Å². The van der Waals surface area contributed by atoms with Crippen LogP contribution in [0.3, 0.4) is 0 Å². The zero-order valence-electron chi connectivity index (χ0n) is 12.3. The number of sulfonamides is 1. The summed E-state index contributed by atoms with van der Waals surface area (Å²) in [5.41, 5.74) is 5.67. The van der Waals surface area contributed by atoms with Crippen LogP contribution in [0.5, 0.6) is 0 Å². The molecule has 1 aromatic rings. The second-order valence-corrected chi connectivity index (χ2v) is 7.01. The third-order valence-corrected chi connectivity index (χ3v) is 5.94. The van der Waals surface area contributed by atoms with Gasteiger partial charge in [0.15, 0.2) is 4.90 Å². The van der Waals surface area contributed by atoms with Crippen LogP contribution in [0.2, 0.25) is 0 Å². The summed E-state index contributed by atoms with van der Waals surface area (Å²) in [6, 6.07) is 3.99. The van der Waals surface area contributed by atoms with E-state index in [1.165, 1.54) is 16.4 Å². The van der Waals surface area contributed by atoms with Gasteiger partial charge >= 0.3 is 0 Å². The summed E-state index contributed by atoms with van der Waals surface area (Å²) < 4.78 is 27.1. The van der Waals surface area contributed by atoms with Crippen LogP contribution in [0.1, 0.15) is 24.8 Å². The maximum absolute atomic E-state index is 12.9. The molecule has 1 heterocycles. The molecule has 0 amide bonds. The Morgan fingerprint density at radius 1 is 1.41 bits per heavy atom. The smallest absolute Gasteiger partial charge is 0.289 e. The molecule has 1 atom stereocenters. The van der Waals surface area contributed by atoms with E-state index in [2.05, 4.69) is 0 Å². The van der Waals surface area contributed by atoms with Crippen molar-refractivity contribution in [3.05, 3.63) is 33.9 Å². The first kappa shape index (κ1) is 18.8. The van der Waals surface area contributed by atoms with Crippen LogP contribution in [-0.4, -0.2) is 36.8 Å². The van der Waals surface area contributed by atoms with Crippen LogP contribution in [0, 0.1) is 17.0 Å². The molecule has 0 saturated carbocycles. The molecule has 0 bridgehead atoms. The van der Waals surface area contributed by atoms with Gasteiger partial charge < -0.3 is 5.73 Å². The number of nitro benzene ring substituents is 1. The highest BCUT2D eigenvalue weighted by molar-refractivity contribution is 7.89. The first-order valence-corrected chi connectivity index (χ1v) is 8.29. The summed E-state index contributed by atoms with van der Waals surface area (Å²) in [7, 11) is -3.92. The summed E-state index contributed by atoms with van der Waals surface area (Å²) in [4.78, 5) is 10.3. The van der Waals surface area contributed by atoms with Crippen molar-refractivity contribution in [3.8, 4) is 0 Å². The van der Waals surface area contributed by atoms with Gasteiger partial charge in [-0.25, -0.2) is 8.42 Å². The molecular formula is C13H20ClN3O4S. The van der Waals surface area contributed by atoms with Crippen molar-refractivity contribution in [2.24, 2.45) is 5.73 Å². The first-order valence-electron chi connectivity index (χ1n) is 6.85. The van der Waals surface area contributed by atoms with Gasteiger partial charge in [0.1, 0.15) is 0 Å². The second-order valence-electron chi connectivity index (χ2n) is 5.18. The van der Waals surface area contributed by atoms with Gasteiger partial charge in [0, 0.05) is 25.2 Å². The number of aryl methyl sites for hydroxylation is 1. The van der Waals surface area contributed by atoms with E-state index < -0.39 is 14.9 Å². The molecule has 0 spiro atoms. The number of hydrogen-bond acceptors (Lipinski definition) is 5. The molecule has 2 rings (SSSR count). The van der Waals surface area contributed by atoms with Gasteiger partial charge in [-0.3, -0.25) is 10.1 Å². The molecule has 9 heteroatoms. The van der Waals surface area contributed by atoms with E-state index in [9.17, 15) is 18.5 Å². The van der Waals surface area contributed by atoms with Crippen molar-refractivity contribution in [2.75, 3.05) is 13.1 Å². The molecule has 2 N–H and O–H groups in total. The van der Waals surface area contributed by atoms with Crippen LogP contribution in [0.25, 0.3) is 0 Å². The van der Waals surface area contributed by atoms with Crippen molar-refractivity contribution in [3.63, 3.8) is 0 Å². The number of nitrogens with zero attached hydrogens (tertiary/aromatic N) is 2. The molecule has 7 nitrogen and oxygen atoms in total. The third kappa shape index (κ3) is 3.40. The topological polar surface area (TPSA) is 107 Å². The zero-order chi connectivity index (χ0) is 15.6. The van der Waals surface area contributed by atoms with Gasteiger partial charge in [-0.1, -0.05) is 18.6 Å². The number of hydrogen-bond donors (Lipinski definition) is 1. The Morgan fingerprint density at radius 2 is 2.09 bits per heavy atom. The molecular weight excluding hydrogens is 330 g/mol. The molecule has 1 aliphatic rings. The number of rotatable bonds is 4. The highest BCUT2D eigenvalue weighted by atomic mass is 35.5. The molecule has 0 radical (unpaired) electrons. The fraction of sp³-hybridized carbons (Fsp3) is 0.538. The average Bonchev–Trinajstić information content (AvgIpc) is 2.46. The van der Waals surface area contributed by atoms with Crippen molar-refractivity contribution < 1.29 is 13.3 Å². The zero-order valence-corrected chi connectivity index (χ0v) is 13.9. The number of nitro groups is 1. The highest BCUT2D eigenvalue weighted by Gasteiger charge is 2.37. The number of piperidine rings is 1. The standard InChI is InChI=1S/C13H19N3O4S.ClH/c1-10-5-4-7-12(16(17)18)13(10)21(19,20)15-8-3-2-6-11(15)9-14;/h4-5,7,11H,2-3,6,8-9,14H2,1H3;1H. The minimum absolute atomic E-state index is 0. The molecule has 1 saturated heterocycles. The first-order chi connectivity index (χ1) is 9.89. The third-order valence-electron chi connectivity index (χ3n) is 3.80. The molecule has 1 aromatic carbocycles. The van der Waals surface area contributed by atoms with E-state index in [4.69, 9.17) is 5.73 Å². The predicted octanol–water partition coefficient (Wildman–Crippen LogP) is 1.83. The molecule has 22 heavy (non-hydrogen) atoms. The number of halogens is 1. The van der Waals surface area contributed by atoms with Crippen LogP contribution in [-0.2, 0) is 10.0 Å². The molecule has 1 fully saturated rings. The van der Waals surface area contributed by atoms with Crippen molar-refractivity contribution >= 4 is 28.1 Å². The maximum atomic E-state index is 12.9. The Morgan fingerprint density at radius 3 is 2.68 bits per heavy atom. The summed E-state index contributed by atoms with van der Waals surface area (Å²) >= 11 is 0. The Kier molecular flexibility index (Phi) is 6.30. The van der Waals surface area contributed by atoms with Crippen LogP contribution >= 0.6 is 12.4 Å². The summed E-state index contributed by atoms with van der Waals surface area (Å²) in [5.74, 6) is 0. The van der Waals surface area contributed by atoms with E-state index in [1.54, 1.807) is 13.0 Å². The Balaban J connectivity index is 0.00000242. The van der Waals surface area contributed by atoms with Gasteiger partial charge in [0.25, 0.3) is 5.69 Å². The normalized spacial score (nSPS) is 19.5. The Labute approximate surface area is 136 Å². The minimum atomic E-state index is -3.92. The lowest BCUT2D eigenvalue weighted by atomic mass is 10.1. The summed E-state index contributed by atoms with van der Waals surface area (Å²) in [5, 5.41) is 11.2. The molecule has 0 aliphatic carbocycles. The minimum Gasteiger partial charge on any atom is -0.329 e. The summed E-state index contributed by atoms with van der Waals surface area (Å²) in [6.45, 7) is 2.15. The maximum Gasteiger partial charge on any atom is 0.289 e. The lowest BCUT2D eigenvalue weighted by molar-refractivity contribution is -0.387. The Bertz CT molecular complexity index is 651. The van der Waals surface area contributed by atoms with E-state index >= 15 is 0 Å². The second kappa shape index (κ2) is 7.36. The van der Waals surface area contributed by atoms with E-state index in [0.717, 1.165) is 12.8 Å². The van der Waals surface area contributed by atoms with Gasteiger partial charge in [0.2, 0.25) is 10.0 Å². The quantitative estimate of drug-likeness (QED) is 0.659. The predicted molar refractivity (Wildman–Crippen MR) is 85.7 cm³/mol. The van der Waals surface area contributed by atoms with Gasteiger partial charge in [-0.2, -0.15) is 4.31 Å². The van der Waals surface area contributed by atoms with Gasteiger partial charge in [-0.05, 0) is 25.3 Å². The molecule has 1 unspecified atom stereocenters. The van der Waals surface area contributed by atoms with Crippen molar-refractivity contribution in [1.29, 1.82) is 0 Å². The molecule has 124 valence electrons. The largest absolute Gasteiger partial charge is 0.329 e.